The van der Waals surface area contributed by atoms with Crippen LogP contribution in [0, 0.1) is 10.8 Å². The third-order valence-electron chi connectivity index (χ3n) is 9.23. The van der Waals surface area contributed by atoms with E-state index >= 15 is 0 Å². The SMILES string of the molecule is CC[Si](CC)(CC)OC12CC3(C)CC(C)(C1)CC(O[Si](CC)(CC)CC)(C3)C2. The second-order valence-corrected chi connectivity index (χ2v) is 21.1. The number of hydrogen-bond donors (Lipinski definition) is 0. The van der Waals surface area contributed by atoms with Gasteiger partial charge in [0.25, 0.3) is 0 Å². The molecule has 0 spiro atoms. The fourth-order valence-electron chi connectivity index (χ4n) is 8.55. The van der Waals surface area contributed by atoms with Crippen molar-refractivity contribution in [3.8, 4) is 0 Å². The zero-order chi connectivity index (χ0) is 20.9. The zero-order valence-electron chi connectivity index (χ0n) is 20.3. The first-order valence-corrected chi connectivity index (χ1v) is 17.5. The van der Waals surface area contributed by atoms with Crippen molar-refractivity contribution in [2.45, 2.75) is 141 Å². The lowest BCUT2D eigenvalue weighted by Gasteiger charge is -2.70. The van der Waals surface area contributed by atoms with E-state index in [4.69, 9.17) is 8.85 Å². The van der Waals surface area contributed by atoms with Gasteiger partial charge in [-0.1, -0.05) is 55.4 Å². The molecule has 4 saturated carbocycles. The van der Waals surface area contributed by atoms with E-state index in [2.05, 4.69) is 55.4 Å². The van der Waals surface area contributed by atoms with Crippen molar-refractivity contribution in [1.82, 2.24) is 0 Å². The van der Waals surface area contributed by atoms with Gasteiger partial charge >= 0.3 is 0 Å². The minimum Gasteiger partial charge on any atom is -0.411 e. The van der Waals surface area contributed by atoms with Gasteiger partial charge in [-0.05, 0) is 79.2 Å². The Morgan fingerprint density at radius 1 is 0.500 bits per heavy atom. The summed E-state index contributed by atoms with van der Waals surface area (Å²) in [6.45, 7) is 19.5. The zero-order valence-corrected chi connectivity index (χ0v) is 22.3. The Hall–Kier alpha value is 0.354. The van der Waals surface area contributed by atoms with Crippen LogP contribution in [0.5, 0.6) is 0 Å². The van der Waals surface area contributed by atoms with Gasteiger partial charge in [0.1, 0.15) is 0 Å². The van der Waals surface area contributed by atoms with Crippen molar-refractivity contribution in [2.24, 2.45) is 10.8 Å². The summed E-state index contributed by atoms with van der Waals surface area (Å²) in [6, 6.07) is 7.59. The predicted molar refractivity (Wildman–Crippen MR) is 126 cm³/mol. The molecule has 4 bridgehead atoms. The molecule has 0 aromatic heterocycles. The summed E-state index contributed by atoms with van der Waals surface area (Å²) in [5.41, 5.74) is 1.02. The second kappa shape index (κ2) is 7.49. The highest BCUT2D eigenvalue weighted by Gasteiger charge is 2.68. The maximum absolute atomic E-state index is 7.43. The Bertz CT molecular complexity index is 488. The molecule has 0 atom stereocenters. The Labute approximate surface area is 177 Å². The van der Waals surface area contributed by atoms with Gasteiger partial charge in [0.05, 0.1) is 11.2 Å². The molecule has 4 aliphatic carbocycles. The molecular formula is C24H48O2Si2. The summed E-state index contributed by atoms with van der Waals surface area (Å²) in [7, 11) is -3.26. The van der Waals surface area contributed by atoms with Gasteiger partial charge in [0.15, 0.2) is 16.6 Å². The molecular weight excluding hydrogens is 376 g/mol. The van der Waals surface area contributed by atoms with Crippen LogP contribution in [0.2, 0.25) is 36.3 Å². The highest BCUT2D eigenvalue weighted by molar-refractivity contribution is 6.74. The van der Waals surface area contributed by atoms with Gasteiger partial charge in [-0.25, -0.2) is 0 Å². The molecule has 28 heavy (non-hydrogen) atoms. The molecule has 0 saturated heterocycles. The number of rotatable bonds is 10. The molecule has 0 radical (unpaired) electrons. The summed E-state index contributed by atoms with van der Waals surface area (Å²) in [5, 5.41) is 0. The average Bonchev–Trinajstić information content (AvgIpc) is 2.61. The second-order valence-electron chi connectivity index (χ2n) is 11.7. The first kappa shape index (κ1) is 23.0. The van der Waals surface area contributed by atoms with Crippen molar-refractivity contribution in [1.29, 1.82) is 0 Å². The van der Waals surface area contributed by atoms with E-state index in [0.717, 1.165) is 0 Å². The molecule has 4 fully saturated rings. The van der Waals surface area contributed by atoms with Crippen molar-refractivity contribution in [2.75, 3.05) is 0 Å². The minimum absolute atomic E-state index is 0.0991. The lowest BCUT2D eigenvalue weighted by atomic mass is 9.42. The standard InChI is InChI=1S/C24H48O2Si2/c1-9-27(10-2,11-3)25-23-16-21(7)15-22(8,17-23)19-24(18-21,20-23)26-28(12-4,13-5)14-6/h9-20H2,1-8H3. The largest absolute Gasteiger partial charge is 0.411 e. The minimum atomic E-state index is -1.63. The fourth-order valence-corrected chi connectivity index (χ4v) is 14.7. The van der Waals surface area contributed by atoms with Crippen molar-refractivity contribution in [3.05, 3.63) is 0 Å². The van der Waals surface area contributed by atoms with Crippen molar-refractivity contribution < 1.29 is 8.85 Å². The highest BCUT2D eigenvalue weighted by Crippen LogP contribution is 2.70. The van der Waals surface area contributed by atoms with E-state index in [0.29, 0.717) is 10.8 Å². The summed E-state index contributed by atoms with van der Waals surface area (Å²) in [4.78, 5) is 0. The molecule has 0 aromatic carbocycles. The Morgan fingerprint density at radius 3 is 1.04 bits per heavy atom. The predicted octanol–water partition coefficient (Wildman–Crippen LogP) is 7.90. The molecule has 164 valence electrons. The monoisotopic (exact) mass is 424 g/mol. The molecule has 4 rings (SSSR count). The van der Waals surface area contributed by atoms with Crippen molar-refractivity contribution >= 4 is 16.6 Å². The van der Waals surface area contributed by atoms with Crippen LogP contribution >= 0.6 is 0 Å². The lowest BCUT2D eigenvalue weighted by Crippen LogP contribution is -2.70. The van der Waals surface area contributed by atoms with Gasteiger partial charge in [0, 0.05) is 6.42 Å². The molecule has 0 N–H and O–H groups in total. The van der Waals surface area contributed by atoms with E-state index < -0.39 is 16.6 Å². The molecule has 0 aromatic rings. The maximum atomic E-state index is 7.43. The van der Waals surface area contributed by atoms with Crippen LogP contribution in [0.1, 0.15) is 93.9 Å². The van der Waals surface area contributed by atoms with Crippen LogP contribution in [-0.2, 0) is 8.85 Å². The molecule has 2 nitrogen and oxygen atoms in total. The Kier molecular flexibility index (Phi) is 6.16. The van der Waals surface area contributed by atoms with Crippen LogP contribution in [-0.4, -0.2) is 27.8 Å². The first-order chi connectivity index (χ1) is 13.0. The Balaban J connectivity index is 1.99. The maximum Gasteiger partial charge on any atom is 0.192 e. The van der Waals surface area contributed by atoms with Gasteiger partial charge in [-0.3, -0.25) is 0 Å². The summed E-state index contributed by atoms with van der Waals surface area (Å²) < 4.78 is 14.9. The smallest absolute Gasteiger partial charge is 0.192 e. The van der Waals surface area contributed by atoms with E-state index in [1.165, 1.54) is 74.8 Å². The average molecular weight is 425 g/mol. The fraction of sp³-hybridized carbons (Fsp3) is 1.00. The molecule has 4 aliphatic rings. The summed E-state index contributed by atoms with van der Waals surface area (Å²) >= 11 is 0. The van der Waals surface area contributed by atoms with E-state index in [1.807, 2.05) is 0 Å². The summed E-state index contributed by atoms with van der Waals surface area (Å²) in [6.07, 6.45) is 7.72. The molecule has 0 aliphatic heterocycles. The van der Waals surface area contributed by atoms with E-state index in [1.54, 1.807) is 0 Å². The molecule has 4 heteroatoms. The van der Waals surface area contributed by atoms with E-state index in [9.17, 15) is 0 Å². The van der Waals surface area contributed by atoms with Gasteiger partial charge in [0.2, 0.25) is 0 Å². The number of hydrogen-bond acceptors (Lipinski definition) is 2. The quantitative estimate of drug-likeness (QED) is 0.332. The van der Waals surface area contributed by atoms with Gasteiger partial charge < -0.3 is 8.85 Å². The highest BCUT2D eigenvalue weighted by atomic mass is 28.4. The molecule has 0 unspecified atom stereocenters. The molecule has 0 heterocycles. The Morgan fingerprint density at radius 2 is 0.786 bits per heavy atom. The van der Waals surface area contributed by atoms with Gasteiger partial charge in [-0.2, -0.15) is 0 Å². The molecule has 0 amide bonds. The van der Waals surface area contributed by atoms with Crippen LogP contribution in [0.15, 0.2) is 0 Å². The van der Waals surface area contributed by atoms with E-state index in [-0.39, 0.29) is 11.2 Å². The third-order valence-corrected chi connectivity index (χ3v) is 18.7. The topological polar surface area (TPSA) is 18.5 Å². The third kappa shape index (κ3) is 3.85. The normalized spacial score (nSPS) is 40.3. The van der Waals surface area contributed by atoms with Crippen LogP contribution in [0.4, 0.5) is 0 Å². The van der Waals surface area contributed by atoms with Crippen LogP contribution in [0.25, 0.3) is 0 Å². The van der Waals surface area contributed by atoms with Crippen molar-refractivity contribution in [3.63, 3.8) is 0 Å². The van der Waals surface area contributed by atoms with Crippen LogP contribution in [0.3, 0.4) is 0 Å². The van der Waals surface area contributed by atoms with Gasteiger partial charge in [-0.15, -0.1) is 0 Å². The summed E-state index contributed by atoms with van der Waals surface area (Å²) in [5.74, 6) is 0. The van der Waals surface area contributed by atoms with Crippen LogP contribution < -0.4 is 0 Å². The lowest BCUT2D eigenvalue weighted by molar-refractivity contribution is -0.239. The first-order valence-electron chi connectivity index (χ1n) is 12.4.